The van der Waals surface area contributed by atoms with Crippen LogP contribution in [0.25, 0.3) is 0 Å². The van der Waals surface area contributed by atoms with Crippen molar-refractivity contribution in [1.29, 1.82) is 0 Å². The first-order chi connectivity index (χ1) is 13.9. The third-order valence-corrected chi connectivity index (χ3v) is 4.76. The highest BCUT2D eigenvalue weighted by Crippen LogP contribution is 2.39. The molecule has 6 nitrogen and oxygen atoms in total. The van der Waals surface area contributed by atoms with E-state index in [1.54, 1.807) is 40.5 Å². The van der Waals surface area contributed by atoms with Gasteiger partial charge in [-0.15, -0.1) is 24.0 Å². The molecule has 0 unspecified atom stereocenters. The Balaban J connectivity index is 0.00000450. The van der Waals surface area contributed by atoms with E-state index in [4.69, 9.17) is 14.2 Å². The molecule has 0 atom stereocenters. The Bertz CT molecular complexity index is 860. The van der Waals surface area contributed by atoms with Gasteiger partial charge in [0.2, 0.25) is 5.75 Å². The topological polar surface area (TPSA) is 64.1 Å². The number of hydrogen-bond acceptors (Lipinski definition) is 4. The van der Waals surface area contributed by atoms with Crippen molar-refractivity contribution in [1.82, 2.24) is 10.6 Å². The molecule has 0 aliphatic carbocycles. The van der Waals surface area contributed by atoms with Crippen molar-refractivity contribution in [3.8, 4) is 17.2 Å². The van der Waals surface area contributed by atoms with Gasteiger partial charge in [0.15, 0.2) is 17.5 Å². The molecule has 0 bridgehead atoms. The Morgan fingerprint density at radius 3 is 2.27 bits per heavy atom. The van der Waals surface area contributed by atoms with E-state index in [2.05, 4.69) is 29.5 Å². The van der Waals surface area contributed by atoms with E-state index in [0.717, 1.165) is 11.1 Å². The van der Waals surface area contributed by atoms with Gasteiger partial charge in [0, 0.05) is 31.1 Å². The first-order valence-corrected chi connectivity index (χ1v) is 9.34. The highest BCUT2D eigenvalue weighted by molar-refractivity contribution is 14.0. The average molecular weight is 531 g/mol. The van der Waals surface area contributed by atoms with Gasteiger partial charge in [0.05, 0.1) is 21.3 Å². The van der Waals surface area contributed by atoms with Crippen molar-refractivity contribution in [3.05, 3.63) is 53.3 Å². The third kappa shape index (κ3) is 6.38. The highest BCUT2D eigenvalue weighted by atomic mass is 127. The van der Waals surface area contributed by atoms with Crippen molar-refractivity contribution in [2.75, 3.05) is 34.9 Å². The Morgan fingerprint density at radius 1 is 1.00 bits per heavy atom. The van der Waals surface area contributed by atoms with Crippen LogP contribution in [0.5, 0.6) is 17.2 Å². The molecule has 8 heteroatoms. The van der Waals surface area contributed by atoms with Gasteiger partial charge in [0.25, 0.3) is 0 Å². The summed E-state index contributed by atoms with van der Waals surface area (Å²) in [7, 11) is 6.46. The van der Waals surface area contributed by atoms with Gasteiger partial charge in [-0.05, 0) is 29.8 Å². The lowest BCUT2D eigenvalue weighted by Gasteiger charge is -2.27. The second kappa shape index (κ2) is 11.8. The number of rotatable bonds is 8. The number of guanidine groups is 1. The Kier molecular flexibility index (Phi) is 10.2. The zero-order valence-electron chi connectivity index (χ0n) is 18.3. The van der Waals surface area contributed by atoms with Gasteiger partial charge in [0.1, 0.15) is 5.82 Å². The lowest BCUT2D eigenvalue weighted by molar-refractivity contribution is 0.322. The first kappa shape index (κ1) is 25.8. The van der Waals surface area contributed by atoms with E-state index in [-0.39, 0.29) is 35.2 Å². The number of methoxy groups -OCH3 is 3. The van der Waals surface area contributed by atoms with Crippen molar-refractivity contribution >= 4 is 29.9 Å². The van der Waals surface area contributed by atoms with Gasteiger partial charge in [-0.2, -0.15) is 0 Å². The fraction of sp³-hybridized carbons (Fsp3) is 0.409. The lowest BCUT2D eigenvalue weighted by Crippen LogP contribution is -2.43. The van der Waals surface area contributed by atoms with Crippen LogP contribution in [-0.2, 0) is 12.0 Å². The molecule has 30 heavy (non-hydrogen) atoms. The summed E-state index contributed by atoms with van der Waals surface area (Å²) in [5.41, 5.74) is 1.54. The molecule has 0 heterocycles. The van der Waals surface area contributed by atoms with Crippen LogP contribution >= 0.6 is 24.0 Å². The molecule has 0 saturated carbocycles. The van der Waals surface area contributed by atoms with Gasteiger partial charge in [-0.3, -0.25) is 4.99 Å². The fourth-order valence-electron chi connectivity index (χ4n) is 3.02. The van der Waals surface area contributed by atoms with Crippen LogP contribution in [-0.4, -0.2) is 40.9 Å². The van der Waals surface area contributed by atoms with Crippen molar-refractivity contribution in [3.63, 3.8) is 0 Å². The van der Waals surface area contributed by atoms with E-state index >= 15 is 0 Å². The SMILES string of the molecule is CN=C(NCc1ccc(OC)c(OC)c1OC)NCC(C)(C)c1cccc(F)c1.I. The second-order valence-corrected chi connectivity index (χ2v) is 7.17. The molecule has 2 aromatic rings. The monoisotopic (exact) mass is 531 g/mol. The largest absolute Gasteiger partial charge is 0.493 e. The molecule has 0 amide bonds. The van der Waals surface area contributed by atoms with Crippen LogP contribution in [0.4, 0.5) is 4.39 Å². The molecule has 0 saturated heterocycles. The van der Waals surface area contributed by atoms with Crippen LogP contribution in [0, 0.1) is 5.82 Å². The van der Waals surface area contributed by atoms with Gasteiger partial charge < -0.3 is 24.8 Å². The van der Waals surface area contributed by atoms with E-state index in [1.165, 1.54) is 6.07 Å². The van der Waals surface area contributed by atoms with Crippen molar-refractivity contribution in [2.24, 2.45) is 4.99 Å². The molecule has 166 valence electrons. The molecule has 0 fully saturated rings. The van der Waals surface area contributed by atoms with E-state index < -0.39 is 0 Å². The summed E-state index contributed by atoms with van der Waals surface area (Å²) >= 11 is 0. The Hall–Kier alpha value is -2.23. The minimum atomic E-state index is -0.277. The molecule has 2 rings (SSSR count). The van der Waals surface area contributed by atoms with Crippen LogP contribution in [0.15, 0.2) is 41.4 Å². The summed E-state index contributed by atoms with van der Waals surface area (Å²) in [6.45, 7) is 5.17. The summed E-state index contributed by atoms with van der Waals surface area (Å²) in [6, 6.07) is 10.4. The number of hydrogen-bond donors (Lipinski definition) is 2. The van der Waals surface area contributed by atoms with E-state index in [1.807, 2.05) is 18.2 Å². The van der Waals surface area contributed by atoms with Crippen molar-refractivity contribution in [2.45, 2.75) is 25.8 Å². The maximum absolute atomic E-state index is 13.6. The quantitative estimate of drug-likeness (QED) is 0.305. The second-order valence-electron chi connectivity index (χ2n) is 7.17. The summed E-state index contributed by atoms with van der Waals surface area (Å²) < 4.78 is 29.8. The minimum Gasteiger partial charge on any atom is -0.493 e. The average Bonchev–Trinajstić information content (AvgIpc) is 2.72. The minimum absolute atomic E-state index is 0. The first-order valence-electron chi connectivity index (χ1n) is 9.34. The smallest absolute Gasteiger partial charge is 0.203 e. The van der Waals surface area contributed by atoms with Gasteiger partial charge in [-0.1, -0.05) is 26.0 Å². The molecular formula is C22H31FIN3O3. The number of halogens is 2. The third-order valence-electron chi connectivity index (χ3n) is 4.76. The number of ether oxygens (including phenoxy) is 3. The normalized spacial score (nSPS) is 11.4. The highest BCUT2D eigenvalue weighted by Gasteiger charge is 2.22. The maximum atomic E-state index is 13.6. The van der Waals surface area contributed by atoms with Gasteiger partial charge in [-0.25, -0.2) is 4.39 Å². The molecule has 0 spiro atoms. The Labute approximate surface area is 195 Å². The van der Waals surface area contributed by atoms with E-state index in [0.29, 0.717) is 36.3 Å². The summed E-state index contributed by atoms with van der Waals surface area (Å²) in [4.78, 5) is 4.27. The van der Waals surface area contributed by atoms with Crippen LogP contribution < -0.4 is 24.8 Å². The summed E-state index contributed by atoms with van der Waals surface area (Å²) in [5, 5.41) is 6.58. The molecule has 0 aliphatic rings. The Morgan fingerprint density at radius 2 is 1.70 bits per heavy atom. The predicted octanol–water partition coefficient (Wildman–Crippen LogP) is 4.11. The number of aliphatic imine (C=N–C) groups is 1. The molecule has 0 aliphatic heterocycles. The lowest BCUT2D eigenvalue weighted by atomic mass is 9.84. The molecular weight excluding hydrogens is 500 g/mol. The summed E-state index contributed by atoms with van der Waals surface area (Å²) in [5.74, 6) is 2.15. The van der Waals surface area contributed by atoms with Crippen LogP contribution in [0.1, 0.15) is 25.0 Å². The van der Waals surface area contributed by atoms with Crippen molar-refractivity contribution < 1.29 is 18.6 Å². The van der Waals surface area contributed by atoms with Crippen LogP contribution in [0.2, 0.25) is 0 Å². The zero-order valence-corrected chi connectivity index (χ0v) is 20.7. The van der Waals surface area contributed by atoms with E-state index in [9.17, 15) is 4.39 Å². The molecule has 0 radical (unpaired) electrons. The molecule has 2 aromatic carbocycles. The molecule has 0 aromatic heterocycles. The standard InChI is InChI=1S/C22H30FN3O3.HI/c1-22(2,16-8-7-9-17(23)12-16)14-26-21(24-3)25-13-15-10-11-18(27-4)20(29-6)19(15)28-5;/h7-12H,13-14H2,1-6H3,(H2,24,25,26);1H. The fourth-order valence-corrected chi connectivity index (χ4v) is 3.02. The summed E-state index contributed by atoms with van der Waals surface area (Å²) in [6.07, 6.45) is 0. The number of benzene rings is 2. The van der Waals surface area contributed by atoms with Gasteiger partial charge >= 0.3 is 0 Å². The predicted molar refractivity (Wildman–Crippen MR) is 129 cm³/mol. The maximum Gasteiger partial charge on any atom is 0.203 e. The van der Waals surface area contributed by atoms with Crippen LogP contribution in [0.3, 0.4) is 0 Å². The number of nitrogens with zero attached hydrogens (tertiary/aromatic N) is 1. The number of nitrogens with one attached hydrogen (secondary N) is 2. The zero-order chi connectivity index (χ0) is 21.4. The molecule has 2 N–H and O–H groups in total.